The summed E-state index contributed by atoms with van der Waals surface area (Å²) >= 11 is -0.752. The number of carbonyl (C=O) groups is 1. The molecule has 146 valence electrons. The first kappa shape index (κ1) is 21.0. The second kappa shape index (κ2) is 11.4. The smallest absolute Gasteiger partial charge is 0.303 e. The molecule has 2 fully saturated rings. The Balaban J connectivity index is 1.66. The number of carboxylic acid groups (broad SMARTS) is 1. The van der Waals surface area contributed by atoms with E-state index in [4.69, 9.17) is 14.6 Å². The Hall–Kier alpha value is -0.300. The van der Waals surface area contributed by atoms with E-state index in [-0.39, 0.29) is 18.6 Å². The summed E-state index contributed by atoms with van der Waals surface area (Å²) in [6.07, 6.45) is 9.05. The number of rotatable bonds is 14. The van der Waals surface area contributed by atoms with Crippen LogP contribution in [-0.4, -0.2) is 52.6 Å². The van der Waals surface area contributed by atoms with E-state index in [1.807, 2.05) is 0 Å². The van der Waals surface area contributed by atoms with E-state index < -0.39 is 17.1 Å². The molecular formula is C19H34O5S. The molecule has 0 aliphatic carbocycles. The van der Waals surface area contributed by atoms with Crippen LogP contribution in [0.5, 0.6) is 0 Å². The molecule has 0 aromatic rings. The van der Waals surface area contributed by atoms with Gasteiger partial charge in [0.15, 0.2) is 0 Å². The minimum Gasteiger partial charge on any atom is -0.616 e. The second-order valence-electron chi connectivity index (χ2n) is 7.42. The molecular weight excluding hydrogens is 340 g/mol. The van der Waals surface area contributed by atoms with Crippen LogP contribution >= 0.6 is 0 Å². The molecule has 2 heterocycles. The zero-order valence-corrected chi connectivity index (χ0v) is 16.3. The number of hydrogen-bond donors (Lipinski definition) is 1. The maximum absolute atomic E-state index is 12.4. The highest BCUT2D eigenvalue weighted by molar-refractivity contribution is 7.91. The Labute approximate surface area is 155 Å². The Morgan fingerprint density at radius 1 is 1.16 bits per heavy atom. The minimum atomic E-state index is -0.752. The van der Waals surface area contributed by atoms with Gasteiger partial charge < -0.3 is 19.1 Å². The number of fused-ring (bicyclic) bond motifs is 2. The van der Waals surface area contributed by atoms with Crippen molar-refractivity contribution in [3.8, 4) is 0 Å². The van der Waals surface area contributed by atoms with E-state index in [0.29, 0.717) is 31.5 Å². The van der Waals surface area contributed by atoms with Crippen LogP contribution in [0.4, 0.5) is 0 Å². The second-order valence-corrected chi connectivity index (χ2v) is 9.04. The minimum absolute atomic E-state index is 0.209. The molecule has 0 saturated carbocycles. The number of aliphatic carboxylic acids is 1. The summed E-state index contributed by atoms with van der Waals surface area (Å²) in [7, 11) is 0. The Morgan fingerprint density at radius 3 is 2.64 bits per heavy atom. The monoisotopic (exact) mass is 374 g/mol. The van der Waals surface area contributed by atoms with Crippen molar-refractivity contribution < 1.29 is 23.9 Å². The van der Waals surface area contributed by atoms with Crippen molar-refractivity contribution in [2.24, 2.45) is 11.8 Å². The van der Waals surface area contributed by atoms with Crippen LogP contribution in [0.2, 0.25) is 0 Å². The zero-order chi connectivity index (χ0) is 18.1. The van der Waals surface area contributed by atoms with Gasteiger partial charge in [-0.05, 0) is 38.5 Å². The van der Waals surface area contributed by atoms with Crippen molar-refractivity contribution in [2.75, 3.05) is 24.7 Å². The lowest BCUT2D eigenvalue weighted by Crippen LogP contribution is -2.36. The molecule has 2 bridgehead atoms. The van der Waals surface area contributed by atoms with Crippen LogP contribution in [0.3, 0.4) is 0 Å². The number of hydrogen-bond acceptors (Lipinski definition) is 4. The van der Waals surface area contributed by atoms with Crippen LogP contribution in [0.25, 0.3) is 0 Å². The van der Waals surface area contributed by atoms with Gasteiger partial charge in [0.25, 0.3) is 0 Å². The summed E-state index contributed by atoms with van der Waals surface area (Å²) in [4.78, 5) is 10.5. The highest BCUT2D eigenvalue weighted by Crippen LogP contribution is 2.44. The molecule has 2 aliphatic heterocycles. The van der Waals surface area contributed by atoms with E-state index in [1.165, 1.54) is 19.3 Å². The van der Waals surface area contributed by atoms with Crippen molar-refractivity contribution in [3.63, 3.8) is 0 Å². The summed E-state index contributed by atoms with van der Waals surface area (Å²) in [5, 5.41) is 8.64. The van der Waals surface area contributed by atoms with Gasteiger partial charge in [0, 0.05) is 24.9 Å². The average molecular weight is 375 g/mol. The maximum Gasteiger partial charge on any atom is 0.303 e. The fraction of sp³-hybridized carbons (Fsp3) is 0.947. The number of ether oxygens (including phenoxy) is 2. The van der Waals surface area contributed by atoms with Crippen molar-refractivity contribution >= 4 is 17.1 Å². The molecule has 6 heteroatoms. The third kappa shape index (κ3) is 7.08. The van der Waals surface area contributed by atoms with Gasteiger partial charge in [-0.15, -0.1) is 0 Å². The number of carboxylic acids is 1. The van der Waals surface area contributed by atoms with E-state index in [9.17, 15) is 9.35 Å². The van der Waals surface area contributed by atoms with Crippen molar-refractivity contribution in [2.45, 2.75) is 76.9 Å². The van der Waals surface area contributed by atoms with E-state index in [0.717, 1.165) is 37.2 Å². The molecule has 5 atom stereocenters. The SMILES string of the molecule is CCCCCC[S+]([O-])C[C@H]1[C@@H](COCCCCC(=O)O)[C@H]2CC[C@@H]1O2. The third-order valence-electron chi connectivity index (χ3n) is 5.43. The summed E-state index contributed by atoms with van der Waals surface area (Å²) in [5.74, 6) is 1.54. The Kier molecular flexibility index (Phi) is 9.60. The first-order valence-corrected chi connectivity index (χ1v) is 11.4. The molecule has 0 amide bonds. The zero-order valence-electron chi connectivity index (χ0n) is 15.5. The van der Waals surface area contributed by atoms with Crippen LogP contribution in [0, 0.1) is 11.8 Å². The summed E-state index contributed by atoms with van der Waals surface area (Å²) in [6, 6.07) is 0. The molecule has 0 radical (unpaired) electrons. The third-order valence-corrected chi connectivity index (χ3v) is 6.93. The molecule has 2 aliphatic rings. The maximum atomic E-state index is 12.4. The first-order chi connectivity index (χ1) is 12.1. The molecule has 0 aromatic carbocycles. The van der Waals surface area contributed by atoms with Gasteiger partial charge >= 0.3 is 5.97 Å². The van der Waals surface area contributed by atoms with Crippen LogP contribution in [0.1, 0.15) is 64.7 Å². The lowest BCUT2D eigenvalue weighted by molar-refractivity contribution is -0.137. The van der Waals surface area contributed by atoms with Crippen molar-refractivity contribution in [1.82, 2.24) is 0 Å². The lowest BCUT2D eigenvalue weighted by atomic mass is 9.81. The fourth-order valence-electron chi connectivity index (χ4n) is 4.02. The predicted molar refractivity (Wildman–Crippen MR) is 99.2 cm³/mol. The lowest BCUT2D eigenvalue weighted by Gasteiger charge is -2.28. The summed E-state index contributed by atoms with van der Waals surface area (Å²) < 4.78 is 24.3. The highest BCUT2D eigenvalue weighted by atomic mass is 32.2. The van der Waals surface area contributed by atoms with Crippen LogP contribution in [-0.2, 0) is 25.4 Å². The van der Waals surface area contributed by atoms with E-state index in [2.05, 4.69) is 6.92 Å². The molecule has 25 heavy (non-hydrogen) atoms. The fourth-order valence-corrected chi connectivity index (χ4v) is 5.60. The van der Waals surface area contributed by atoms with Gasteiger partial charge in [0.1, 0.15) is 11.5 Å². The van der Waals surface area contributed by atoms with Gasteiger partial charge in [-0.3, -0.25) is 4.79 Å². The Morgan fingerprint density at radius 2 is 1.92 bits per heavy atom. The van der Waals surface area contributed by atoms with Crippen molar-refractivity contribution in [3.05, 3.63) is 0 Å². The van der Waals surface area contributed by atoms with Gasteiger partial charge in [-0.25, -0.2) is 0 Å². The standard InChI is InChI=1S/C19H34O5S/c1-2-3-4-7-12-25(22)14-16-15(17-9-10-18(16)24-17)13-23-11-6-5-8-19(20)21/h15-18H,2-14H2,1H3,(H,20,21)/t15-,16+,17-,18+,25?/m1/s1. The van der Waals surface area contributed by atoms with Crippen LogP contribution in [0.15, 0.2) is 0 Å². The molecule has 5 nitrogen and oxygen atoms in total. The molecule has 1 unspecified atom stereocenters. The molecule has 2 saturated heterocycles. The van der Waals surface area contributed by atoms with Crippen molar-refractivity contribution in [1.29, 1.82) is 0 Å². The van der Waals surface area contributed by atoms with Crippen LogP contribution < -0.4 is 0 Å². The predicted octanol–water partition coefficient (Wildman–Crippen LogP) is 3.38. The van der Waals surface area contributed by atoms with Gasteiger partial charge in [-0.2, -0.15) is 0 Å². The highest BCUT2D eigenvalue weighted by Gasteiger charge is 2.50. The summed E-state index contributed by atoms with van der Waals surface area (Å²) in [5.41, 5.74) is 0. The van der Waals surface area contributed by atoms with Gasteiger partial charge in [0.05, 0.1) is 18.8 Å². The summed E-state index contributed by atoms with van der Waals surface area (Å²) in [6.45, 7) is 3.45. The molecule has 0 aromatic heterocycles. The van der Waals surface area contributed by atoms with E-state index in [1.54, 1.807) is 0 Å². The number of unbranched alkanes of at least 4 members (excludes halogenated alkanes) is 4. The van der Waals surface area contributed by atoms with E-state index >= 15 is 0 Å². The Bertz CT molecular complexity index is 392. The largest absolute Gasteiger partial charge is 0.616 e. The normalized spacial score (nSPS) is 29.2. The quantitative estimate of drug-likeness (QED) is 0.372. The first-order valence-electron chi connectivity index (χ1n) is 9.91. The van der Waals surface area contributed by atoms with Gasteiger partial charge in [0.2, 0.25) is 0 Å². The molecule has 1 N–H and O–H groups in total. The molecule has 2 rings (SSSR count). The average Bonchev–Trinajstić information content (AvgIpc) is 3.17. The molecule has 0 spiro atoms. The topological polar surface area (TPSA) is 78.8 Å². The van der Waals surface area contributed by atoms with Gasteiger partial charge in [-0.1, -0.05) is 30.9 Å².